The molecule has 2 aromatic rings. The van der Waals surface area contributed by atoms with Crippen LogP contribution in [0.3, 0.4) is 0 Å². The molecule has 0 radical (unpaired) electrons. The monoisotopic (exact) mass is 435 g/mol. The molecule has 30 heavy (non-hydrogen) atoms. The summed E-state index contributed by atoms with van der Waals surface area (Å²) in [7, 11) is 1.36. The van der Waals surface area contributed by atoms with Crippen molar-refractivity contribution in [2.75, 3.05) is 26.7 Å². The van der Waals surface area contributed by atoms with E-state index in [9.17, 15) is 9.59 Å². The van der Waals surface area contributed by atoms with Gasteiger partial charge in [-0.2, -0.15) is 0 Å². The number of hydrogen-bond acceptors (Lipinski definition) is 6. The Bertz CT molecular complexity index is 864. The van der Waals surface area contributed by atoms with Crippen LogP contribution in [0, 0.1) is 19.8 Å². The minimum Gasteiger partial charge on any atom is -0.469 e. The number of hydrogen-bond donors (Lipinski definition) is 2. The van der Waals surface area contributed by atoms with Gasteiger partial charge in [-0.25, -0.2) is 4.68 Å². The second kappa shape index (κ2) is 11.1. The van der Waals surface area contributed by atoms with Crippen molar-refractivity contribution in [1.82, 2.24) is 25.6 Å². The molecule has 1 saturated heterocycles. The van der Waals surface area contributed by atoms with Gasteiger partial charge >= 0.3 is 5.97 Å². The van der Waals surface area contributed by atoms with Crippen LogP contribution in [0.1, 0.15) is 46.2 Å². The number of esters is 1. The highest BCUT2D eigenvalue weighted by molar-refractivity contribution is 5.93. The number of amides is 1. The van der Waals surface area contributed by atoms with Crippen molar-refractivity contribution in [2.45, 2.75) is 39.2 Å². The van der Waals surface area contributed by atoms with E-state index in [0.717, 1.165) is 42.8 Å². The van der Waals surface area contributed by atoms with E-state index in [0.29, 0.717) is 12.1 Å². The first kappa shape index (κ1) is 23.8. The molecule has 1 amide bonds. The fourth-order valence-corrected chi connectivity index (χ4v) is 3.78. The third-order valence-electron chi connectivity index (χ3n) is 5.41. The average molecular weight is 436 g/mol. The summed E-state index contributed by atoms with van der Waals surface area (Å²) in [5.74, 6) is -1.13. The lowest BCUT2D eigenvalue weighted by Gasteiger charge is -2.23. The molecule has 1 aliphatic rings. The van der Waals surface area contributed by atoms with Crippen molar-refractivity contribution in [3.8, 4) is 0 Å². The Morgan fingerprint density at radius 1 is 1.30 bits per heavy atom. The predicted molar refractivity (Wildman–Crippen MR) is 116 cm³/mol. The Hall–Kier alpha value is -2.45. The third-order valence-corrected chi connectivity index (χ3v) is 5.41. The second-order valence-electron chi connectivity index (χ2n) is 7.57. The van der Waals surface area contributed by atoms with Crippen LogP contribution in [-0.2, 0) is 16.0 Å². The molecule has 3 rings (SSSR count). The van der Waals surface area contributed by atoms with Crippen LogP contribution in [0.25, 0.3) is 0 Å². The summed E-state index contributed by atoms with van der Waals surface area (Å²) in [6.45, 7) is 5.92. The molecule has 9 heteroatoms. The zero-order valence-corrected chi connectivity index (χ0v) is 18.5. The maximum absolute atomic E-state index is 12.7. The number of aryl methyl sites for hydroxylation is 1. The van der Waals surface area contributed by atoms with Gasteiger partial charge in [0.1, 0.15) is 0 Å². The topological polar surface area (TPSA) is 98.1 Å². The number of piperidine rings is 1. The number of carbonyl (C=O) groups excluding carboxylic acids is 2. The van der Waals surface area contributed by atoms with Gasteiger partial charge < -0.3 is 15.4 Å². The van der Waals surface area contributed by atoms with Gasteiger partial charge in [-0.1, -0.05) is 35.0 Å². The number of benzene rings is 1. The average Bonchev–Trinajstić information content (AvgIpc) is 3.12. The Morgan fingerprint density at radius 2 is 2.03 bits per heavy atom. The molecule has 2 heterocycles. The number of aromatic nitrogens is 3. The van der Waals surface area contributed by atoms with Gasteiger partial charge in [-0.05, 0) is 51.8 Å². The molecule has 0 bridgehead atoms. The molecule has 1 atom stereocenters. The van der Waals surface area contributed by atoms with Gasteiger partial charge in [-0.15, -0.1) is 17.5 Å². The first-order valence-electron chi connectivity index (χ1n) is 10.0. The standard InChI is InChI=1S/C21H29N5O3.ClH/c1-14-5-4-6-16(11-14)12-17(21(28)29-3)13-23-20(27)19-15(2)26(25-24-19)18-7-9-22-10-8-18;/h4-6,11,17-18,22H,7-10,12-13H2,1-3H3,(H,23,27);1H. The molecular formula is C21H30ClN5O3. The normalized spacial score (nSPS) is 15.2. The number of halogens is 1. The fraction of sp³-hybridized carbons (Fsp3) is 0.524. The zero-order valence-electron chi connectivity index (χ0n) is 17.7. The second-order valence-corrected chi connectivity index (χ2v) is 7.57. The van der Waals surface area contributed by atoms with Crippen molar-refractivity contribution < 1.29 is 14.3 Å². The lowest BCUT2D eigenvalue weighted by atomic mass is 9.98. The molecule has 0 aliphatic carbocycles. The first-order valence-corrected chi connectivity index (χ1v) is 10.0. The van der Waals surface area contributed by atoms with Crippen molar-refractivity contribution in [3.63, 3.8) is 0 Å². The fourth-order valence-electron chi connectivity index (χ4n) is 3.78. The van der Waals surface area contributed by atoms with Crippen LogP contribution >= 0.6 is 12.4 Å². The van der Waals surface area contributed by atoms with Crippen LogP contribution in [0.5, 0.6) is 0 Å². The maximum Gasteiger partial charge on any atom is 0.310 e. The van der Waals surface area contributed by atoms with Gasteiger partial charge in [0.15, 0.2) is 5.69 Å². The lowest BCUT2D eigenvalue weighted by Crippen LogP contribution is -2.35. The molecule has 2 N–H and O–H groups in total. The molecule has 8 nitrogen and oxygen atoms in total. The quantitative estimate of drug-likeness (QED) is 0.645. The first-order chi connectivity index (χ1) is 14.0. The number of nitrogens with one attached hydrogen (secondary N) is 2. The van der Waals surface area contributed by atoms with Crippen LogP contribution < -0.4 is 10.6 Å². The highest BCUT2D eigenvalue weighted by atomic mass is 35.5. The summed E-state index contributed by atoms with van der Waals surface area (Å²) in [5, 5.41) is 14.5. The van der Waals surface area contributed by atoms with Crippen molar-refractivity contribution in [2.24, 2.45) is 5.92 Å². The summed E-state index contributed by atoms with van der Waals surface area (Å²) >= 11 is 0. The number of ether oxygens (including phenoxy) is 1. The largest absolute Gasteiger partial charge is 0.469 e. The van der Waals surface area contributed by atoms with E-state index < -0.39 is 5.92 Å². The predicted octanol–water partition coefficient (Wildman–Crippen LogP) is 2.00. The van der Waals surface area contributed by atoms with Gasteiger partial charge in [0.05, 0.1) is 24.8 Å². The Labute approximate surface area is 183 Å². The van der Waals surface area contributed by atoms with Crippen molar-refractivity contribution in [1.29, 1.82) is 0 Å². The van der Waals surface area contributed by atoms with Crippen molar-refractivity contribution >= 4 is 24.3 Å². The number of carbonyl (C=O) groups is 2. The number of rotatable bonds is 7. The summed E-state index contributed by atoms with van der Waals surface area (Å²) in [5.41, 5.74) is 3.22. The van der Waals surface area contributed by atoms with E-state index in [-0.39, 0.29) is 36.9 Å². The van der Waals surface area contributed by atoms with E-state index in [1.54, 1.807) is 0 Å². The summed E-state index contributed by atoms with van der Waals surface area (Å²) in [4.78, 5) is 24.9. The minimum absolute atomic E-state index is 0. The molecule has 0 saturated carbocycles. The lowest BCUT2D eigenvalue weighted by molar-refractivity contribution is -0.145. The SMILES string of the molecule is COC(=O)C(CNC(=O)c1nnn(C2CCNCC2)c1C)Cc1cccc(C)c1.Cl. The maximum atomic E-state index is 12.7. The Morgan fingerprint density at radius 3 is 2.70 bits per heavy atom. The van der Waals surface area contributed by atoms with Crippen LogP contribution in [0.15, 0.2) is 24.3 Å². The molecule has 1 fully saturated rings. The minimum atomic E-state index is -0.467. The summed E-state index contributed by atoms with van der Waals surface area (Å²) in [6, 6.07) is 8.23. The van der Waals surface area contributed by atoms with Gasteiger partial charge in [0.25, 0.3) is 5.91 Å². The molecule has 1 aromatic carbocycles. The smallest absolute Gasteiger partial charge is 0.310 e. The van der Waals surface area contributed by atoms with Gasteiger partial charge in [0.2, 0.25) is 0 Å². The molecule has 0 spiro atoms. The van der Waals surface area contributed by atoms with Gasteiger partial charge in [0, 0.05) is 6.54 Å². The van der Waals surface area contributed by atoms with Crippen LogP contribution in [0.2, 0.25) is 0 Å². The van der Waals surface area contributed by atoms with E-state index >= 15 is 0 Å². The zero-order chi connectivity index (χ0) is 20.8. The van der Waals surface area contributed by atoms with Crippen LogP contribution in [0.4, 0.5) is 0 Å². The van der Waals surface area contributed by atoms with Crippen molar-refractivity contribution in [3.05, 3.63) is 46.8 Å². The van der Waals surface area contributed by atoms with E-state index in [2.05, 4.69) is 20.9 Å². The van der Waals surface area contributed by atoms with Gasteiger partial charge in [-0.3, -0.25) is 9.59 Å². The number of nitrogens with zero attached hydrogens (tertiary/aromatic N) is 3. The summed E-state index contributed by atoms with van der Waals surface area (Å²) < 4.78 is 6.78. The molecule has 1 aromatic heterocycles. The van der Waals surface area contributed by atoms with E-state index in [1.807, 2.05) is 42.8 Å². The Balaban J connectivity index is 0.00000320. The molecular weight excluding hydrogens is 406 g/mol. The van der Waals surface area contributed by atoms with Crippen LogP contribution in [-0.4, -0.2) is 53.6 Å². The molecule has 1 aliphatic heterocycles. The molecule has 164 valence electrons. The number of methoxy groups -OCH3 is 1. The highest BCUT2D eigenvalue weighted by Gasteiger charge is 2.25. The third kappa shape index (κ3) is 5.79. The van der Waals surface area contributed by atoms with E-state index in [1.165, 1.54) is 7.11 Å². The Kier molecular flexibility index (Phi) is 8.80. The molecule has 1 unspecified atom stereocenters. The van der Waals surface area contributed by atoms with E-state index in [4.69, 9.17) is 4.74 Å². The highest BCUT2D eigenvalue weighted by Crippen LogP contribution is 2.20. The summed E-state index contributed by atoms with van der Waals surface area (Å²) in [6.07, 6.45) is 2.42.